The average molecular weight is 287 g/mol. The minimum Gasteiger partial charge on any atom is -0.335 e. The van der Waals surface area contributed by atoms with Gasteiger partial charge < -0.3 is 4.90 Å². The van der Waals surface area contributed by atoms with E-state index >= 15 is 0 Å². The van der Waals surface area contributed by atoms with E-state index in [2.05, 4.69) is 17.1 Å². The average Bonchev–Trinajstić information content (AvgIpc) is 2.90. The van der Waals surface area contributed by atoms with Crippen LogP contribution < -0.4 is 0 Å². The first-order valence-electron chi connectivity index (χ1n) is 6.63. The van der Waals surface area contributed by atoms with Gasteiger partial charge in [0.25, 0.3) is 5.91 Å². The quantitative estimate of drug-likeness (QED) is 0.846. The Hall–Kier alpha value is -1.87. The highest BCUT2D eigenvalue weighted by molar-refractivity contribution is 6.33. The fourth-order valence-corrected chi connectivity index (χ4v) is 2.99. The predicted molar refractivity (Wildman–Crippen MR) is 78.8 cm³/mol. The molecule has 0 saturated carbocycles. The molecule has 3 rings (SSSR count). The Labute approximate surface area is 123 Å². The molecule has 0 fully saturated rings. The topological polar surface area (TPSA) is 33.2 Å². The smallest absolute Gasteiger partial charge is 0.257 e. The number of nitrogens with zero attached hydrogens (tertiary/aromatic N) is 2. The summed E-state index contributed by atoms with van der Waals surface area (Å²) in [6, 6.07) is 10.1. The molecule has 0 saturated heterocycles. The zero-order chi connectivity index (χ0) is 14.1. The van der Waals surface area contributed by atoms with Crippen molar-refractivity contribution < 1.29 is 4.79 Å². The number of halogens is 1. The van der Waals surface area contributed by atoms with Crippen LogP contribution in [0.3, 0.4) is 0 Å². The van der Waals surface area contributed by atoms with Crippen LogP contribution in [-0.4, -0.2) is 22.8 Å². The molecule has 1 atom stereocenters. The molecule has 1 aliphatic carbocycles. The van der Waals surface area contributed by atoms with Crippen LogP contribution in [0.15, 0.2) is 42.7 Å². The lowest BCUT2D eigenvalue weighted by Gasteiger charge is -2.25. The molecular formula is C16H15ClN2O. The van der Waals surface area contributed by atoms with Crippen LogP contribution in [0, 0.1) is 0 Å². The SMILES string of the molecule is CN(C(=O)c1cnccc1Cl)C1CCc2ccccc21. The number of fused-ring (bicyclic) bond motifs is 1. The molecule has 0 aliphatic heterocycles. The maximum Gasteiger partial charge on any atom is 0.257 e. The van der Waals surface area contributed by atoms with E-state index in [4.69, 9.17) is 11.6 Å². The number of hydrogen-bond acceptors (Lipinski definition) is 2. The van der Waals surface area contributed by atoms with Crippen molar-refractivity contribution in [1.82, 2.24) is 9.88 Å². The zero-order valence-corrected chi connectivity index (χ0v) is 12.0. The predicted octanol–water partition coefficient (Wildman–Crippen LogP) is 3.49. The van der Waals surface area contributed by atoms with Crippen molar-refractivity contribution in [2.75, 3.05) is 7.05 Å². The number of rotatable bonds is 2. The van der Waals surface area contributed by atoms with Gasteiger partial charge in [0.1, 0.15) is 0 Å². The molecule has 20 heavy (non-hydrogen) atoms. The van der Waals surface area contributed by atoms with Crippen molar-refractivity contribution in [2.24, 2.45) is 0 Å². The van der Waals surface area contributed by atoms with Gasteiger partial charge in [-0.05, 0) is 30.0 Å². The van der Waals surface area contributed by atoms with Gasteiger partial charge in [-0.25, -0.2) is 0 Å². The molecule has 1 aromatic heterocycles. The second-order valence-corrected chi connectivity index (χ2v) is 5.43. The Balaban J connectivity index is 1.89. The Morgan fingerprint density at radius 2 is 2.15 bits per heavy atom. The van der Waals surface area contributed by atoms with Gasteiger partial charge in [0, 0.05) is 19.4 Å². The minimum absolute atomic E-state index is 0.0789. The lowest BCUT2D eigenvalue weighted by atomic mass is 10.1. The van der Waals surface area contributed by atoms with Crippen LogP contribution in [-0.2, 0) is 6.42 Å². The third-order valence-electron chi connectivity index (χ3n) is 3.89. The lowest BCUT2D eigenvalue weighted by Crippen LogP contribution is -2.30. The Bertz CT molecular complexity index is 656. The first kappa shape index (κ1) is 13.1. The number of hydrogen-bond donors (Lipinski definition) is 0. The monoisotopic (exact) mass is 286 g/mol. The van der Waals surface area contributed by atoms with E-state index in [1.807, 2.05) is 19.2 Å². The molecule has 102 valence electrons. The van der Waals surface area contributed by atoms with E-state index in [0.717, 1.165) is 12.8 Å². The molecule has 3 nitrogen and oxygen atoms in total. The highest BCUT2D eigenvalue weighted by Crippen LogP contribution is 2.35. The van der Waals surface area contributed by atoms with Crippen molar-refractivity contribution in [3.8, 4) is 0 Å². The van der Waals surface area contributed by atoms with E-state index in [1.54, 1.807) is 17.2 Å². The number of aryl methyl sites for hydroxylation is 1. The van der Waals surface area contributed by atoms with Gasteiger partial charge in [0.15, 0.2) is 0 Å². The van der Waals surface area contributed by atoms with Gasteiger partial charge in [-0.1, -0.05) is 35.9 Å². The molecule has 1 heterocycles. The van der Waals surface area contributed by atoms with Gasteiger partial charge in [0.05, 0.1) is 16.6 Å². The summed E-state index contributed by atoms with van der Waals surface area (Å²) in [6.07, 6.45) is 5.09. The van der Waals surface area contributed by atoms with E-state index < -0.39 is 0 Å². The third kappa shape index (κ3) is 2.18. The summed E-state index contributed by atoms with van der Waals surface area (Å²) in [4.78, 5) is 18.3. The van der Waals surface area contributed by atoms with Crippen molar-refractivity contribution in [2.45, 2.75) is 18.9 Å². The van der Waals surface area contributed by atoms with Gasteiger partial charge in [-0.15, -0.1) is 0 Å². The van der Waals surface area contributed by atoms with Crippen LogP contribution in [0.2, 0.25) is 5.02 Å². The van der Waals surface area contributed by atoms with E-state index in [1.165, 1.54) is 17.3 Å². The van der Waals surface area contributed by atoms with Crippen LogP contribution in [0.5, 0.6) is 0 Å². The molecular weight excluding hydrogens is 272 g/mol. The summed E-state index contributed by atoms with van der Waals surface area (Å²) in [5, 5.41) is 0.447. The van der Waals surface area contributed by atoms with E-state index in [9.17, 15) is 4.79 Å². The largest absolute Gasteiger partial charge is 0.335 e. The summed E-state index contributed by atoms with van der Waals surface area (Å²) in [5.41, 5.74) is 3.03. The summed E-state index contributed by atoms with van der Waals surface area (Å²) >= 11 is 6.08. The molecule has 0 radical (unpaired) electrons. The van der Waals surface area contributed by atoms with Gasteiger partial charge in [-0.2, -0.15) is 0 Å². The first-order chi connectivity index (χ1) is 9.68. The van der Waals surface area contributed by atoms with Crippen LogP contribution in [0.25, 0.3) is 0 Å². The van der Waals surface area contributed by atoms with Gasteiger partial charge in [0.2, 0.25) is 0 Å². The van der Waals surface area contributed by atoms with Crippen molar-refractivity contribution in [3.63, 3.8) is 0 Å². The molecule has 4 heteroatoms. The second-order valence-electron chi connectivity index (χ2n) is 5.02. The van der Waals surface area contributed by atoms with Gasteiger partial charge >= 0.3 is 0 Å². The third-order valence-corrected chi connectivity index (χ3v) is 4.22. The molecule has 1 unspecified atom stereocenters. The Morgan fingerprint density at radius 1 is 1.35 bits per heavy atom. The van der Waals surface area contributed by atoms with Crippen LogP contribution in [0.4, 0.5) is 0 Å². The highest BCUT2D eigenvalue weighted by Gasteiger charge is 2.29. The molecule has 1 amide bonds. The fraction of sp³-hybridized carbons (Fsp3) is 0.250. The van der Waals surface area contributed by atoms with E-state index in [-0.39, 0.29) is 11.9 Å². The Morgan fingerprint density at radius 3 is 2.95 bits per heavy atom. The molecule has 1 aromatic carbocycles. The number of carbonyl (C=O) groups excluding carboxylic acids is 1. The van der Waals surface area contributed by atoms with Crippen molar-refractivity contribution in [3.05, 3.63) is 64.4 Å². The summed E-state index contributed by atoms with van der Waals surface area (Å²) < 4.78 is 0. The maximum absolute atomic E-state index is 12.6. The Kier molecular flexibility index (Phi) is 3.45. The lowest BCUT2D eigenvalue weighted by molar-refractivity contribution is 0.0730. The number of pyridine rings is 1. The number of aromatic nitrogens is 1. The summed E-state index contributed by atoms with van der Waals surface area (Å²) in [7, 11) is 1.83. The van der Waals surface area contributed by atoms with Crippen LogP contribution >= 0.6 is 11.6 Å². The number of benzene rings is 1. The normalized spacial score (nSPS) is 16.8. The standard InChI is InChI=1S/C16H15ClN2O/c1-19(16(20)13-10-18-9-8-14(13)17)15-7-6-11-4-2-3-5-12(11)15/h2-5,8-10,15H,6-7H2,1H3. The highest BCUT2D eigenvalue weighted by atomic mass is 35.5. The van der Waals surface area contributed by atoms with Crippen LogP contribution in [0.1, 0.15) is 33.9 Å². The maximum atomic E-state index is 12.6. The summed E-state index contributed by atoms with van der Waals surface area (Å²) in [5.74, 6) is -0.0789. The molecule has 0 spiro atoms. The zero-order valence-electron chi connectivity index (χ0n) is 11.2. The van der Waals surface area contributed by atoms with E-state index in [0.29, 0.717) is 10.6 Å². The molecule has 2 aromatic rings. The van der Waals surface area contributed by atoms with Crippen molar-refractivity contribution in [1.29, 1.82) is 0 Å². The first-order valence-corrected chi connectivity index (χ1v) is 7.00. The second kappa shape index (κ2) is 5.25. The molecule has 0 N–H and O–H groups in total. The molecule has 1 aliphatic rings. The number of amides is 1. The van der Waals surface area contributed by atoms with Crippen molar-refractivity contribution >= 4 is 17.5 Å². The number of carbonyl (C=O) groups is 1. The fourth-order valence-electron chi connectivity index (χ4n) is 2.80. The minimum atomic E-state index is -0.0789. The van der Waals surface area contributed by atoms with Gasteiger partial charge in [-0.3, -0.25) is 9.78 Å². The summed E-state index contributed by atoms with van der Waals surface area (Å²) in [6.45, 7) is 0. The molecule has 0 bridgehead atoms.